The van der Waals surface area contributed by atoms with E-state index in [0.717, 1.165) is 0 Å². The molecule has 0 aliphatic carbocycles. The fourth-order valence-corrected chi connectivity index (χ4v) is 0.459. The van der Waals surface area contributed by atoms with Gasteiger partial charge in [-0.05, 0) is 0 Å². The zero-order chi connectivity index (χ0) is 6.41. The molecule has 0 aliphatic heterocycles. The van der Waals surface area contributed by atoms with Gasteiger partial charge >= 0.3 is 0 Å². The zero-order valence-electron chi connectivity index (χ0n) is 4.09. The molecule has 0 rings (SSSR count). The van der Waals surface area contributed by atoms with Gasteiger partial charge in [-0.2, -0.15) is 5.26 Å². The number of nitrogens with zero attached hydrogens (tertiary/aromatic N) is 1. The summed E-state index contributed by atoms with van der Waals surface area (Å²) in [6, 6.07) is 1.79. The van der Waals surface area contributed by atoms with Gasteiger partial charge in [-0.3, -0.25) is 4.21 Å². The van der Waals surface area contributed by atoms with Crippen molar-refractivity contribution in [1.29, 1.82) is 5.26 Å². The molecular weight excluding hydrogens is 128 g/mol. The topological polar surface area (TPSA) is 76.0 Å². The molecule has 0 heterocycles. The summed E-state index contributed by atoms with van der Waals surface area (Å²) in [7, 11) is 0. The van der Waals surface area contributed by atoms with Crippen molar-refractivity contribution in [2.75, 3.05) is 6.54 Å². The van der Waals surface area contributed by atoms with E-state index in [-0.39, 0.29) is 13.0 Å². The lowest BCUT2D eigenvalue weighted by molar-refractivity contribution is 0.523. The monoisotopic (exact) mass is 133 g/mol. The van der Waals surface area contributed by atoms with Crippen LogP contribution in [0, 0.1) is 11.3 Å². The van der Waals surface area contributed by atoms with Crippen molar-refractivity contribution >= 4 is 11.3 Å². The summed E-state index contributed by atoms with van der Waals surface area (Å²) in [5, 5.41) is 7.89. The first-order valence-electron chi connectivity index (χ1n) is 1.97. The Morgan fingerprint density at radius 3 is 2.88 bits per heavy atom. The van der Waals surface area contributed by atoms with Crippen molar-refractivity contribution in [2.24, 2.45) is 0 Å². The molecule has 0 spiro atoms. The van der Waals surface area contributed by atoms with E-state index in [0.29, 0.717) is 0 Å². The Balaban J connectivity index is 2.97. The van der Waals surface area contributed by atoms with Crippen LogP contribution in [0.25, 0.3) is 0 Å². The highest BCUT2D eigenvalue weighted by atomic mass is 32.2. The summed E-state index contributed by atoms with van der Waals surface area (Å²) in [5.41, 5.74) is 0. The molecular formula is C3H5N2O2S-. The van der Waals surface area contributed by atoms with Crippen LogP contribution < -0.4 is 4.72 Å². The van der Waals surface area contributed by atoms with Gasteiger partial charge in [-0.25, -0.2) is 4.72 Å². The Kier molecular flexibility index (Phi) is 4.45. The maximum Gasteiger partial charge on any atom is 0.0635 e. The minimum Gasteiger partial charge on any atom is -0.760 e. The van der Waals surface area contributed by atoms with E-state index in [9.17, 15) is 8.76 Å². The molecule has 4 nitrogen and oxygen atoms in total. The van der Waals surface area contributed by atoms with Gasteiger partial charge in [-0.1, -0.05) is 0 Å². The molecule has 0 fully saturated rings. The lowest BCUT2D eigenvalue weighted by atomic mass is 10.5. The third kappa shape index (κ3) is 5.56. The molecule has 0 saturated heterocycles. The van der Waals surface area contributed by atoms with Crippen LogP contribution in [0.4, 0.5) is 0 Å². The quantitative estimate of drug-likeness (QED) is 0.408. The van der Waals surface area contributed by atoms with Gasteiger partial charge < -0.3 is 4.55 Å². The standard InChI is InChI=1S/C3H6N2O2S/c4-2-1-3-5-8(6)7/h5H,1,3H2,(H,6,7)/p-1. The third-order valence-electron chi connectivity index (χ3n) is 0.457. The molecule has 0 radical (unpaired) electrons. The van der Waals surface area contributed by atoms with E-state index < -0.39 is 11.3 Å². The SMILES string of the molecule is N#CCCNS(=O)[O-]. The second-order valence-electron chi connectivity index (χ2n) is 1.04. The molecule has 1 atom stereocenters. The maximum absolute atomic E-state index is 9.65. The Hall–Kier alpha value is -0.440. The molecule has 8 heavy (non-hydrogen) atoms. The first-order chi connectivity index (χ1) is 3.77. The van der Waals surface area contributed by atoms with Crippen LogP contribution in [0.2, 0.25) is 0 Å². The molecule has 0 saturated carbocycles. The van der Waals surface area contributed by atoms with E-state index >= 15 is 0 Å². The van der Waals surface area contributed by atoms with Gasteiger partial charge in [-0.15, -0.1) is 0 Å². The van der Waals surface area contributed by atoms with E-state index in [1.807, 2.05) is 4.72 Å². The maximum atomic E-state index is 9.65. The van der Waals surface area contributed by atoms with Crippen LogP contribution in [0.1, 0.15) is 6.42 Å². The lowest BCUT2D eigenvalue weighted by Gasteiger charge is -2.02. The van der Waals surface area contributed by atoms with Gasteiger partial charge in [0.1, 0.15) is 0 Å². The number of hydrogen-bond acceptors (Lipinski definition) is 3. The highest BCUT2D eigenvalue weighted by molar-refractivity contribution is 7.77. The molecule has 0 bridgehead atoms. The van der Waals surface area contributed by atoms with Crippen LogP contribution in [0.15, 0.2) is 0 Å². The van der Waals surface area contributed by atoms with Crippen LogP contribution in [-0.2, 0) is 11.3 Å². The van der Waals surface area contributed by atoms with Gasteiger partial charge in [0.05, 0.1) is 6.07 Å². The largest absolute Gasteiger partial charge is 0.760 e. The van der Waals surface area contributed by atoms with Crippen LogP contribution >= 0.6 is 0 Å². The molecule has 0 aromatic heterocycles. The van der Waals surface area contributed by atoms with E-state index in [1.54, 1.807) is 6.07 Å². The smallest absolute Gasteiger partial charge is 0.0635 e. The van der Waals surface area contributed by atoms with Crippen LogP contribution in [-0.4, -0.2) is 15.3 Å². The summed E-state index contributed by atoms with van der Waals surface area (Å²) < 4.78 is 21.3. The normalized spacial score (nSPS) is 12.5. The molecule has 0 aliphatic rings. The average Bonchev–Trinajstić information content (AvgIpc) is 1.66. The summed E-state index contributed by atoms with van der Waals surface area (Å²) >= 11 is -2.22. The first-order valence-corrected chi connectivity index (χ1v) is 3.04. The van der Waals surface area contributed by atoms with Gasteiger partial charge in [0, 0.05) is 24.2 Å². The average molecular weight is 133 g/mol. The number of hydrogen-bond donors (Lipinski definition) is 1. The van der Waals surface area contributed by atoms with Gasteiger partial charge in [0.2, 0.25) is 0 Å². The Morgan fingerprint density at radius 1 is 1.88 bits per heavy atom. The van der Waals surface area contributed by atoms with Gasteiger partial charge in [0.15, 0.2) is 0 Å². The summed E-state index contributed by atoms with van der Waals surface area (Å²) in [4.78, 5) is 0. The van der Waals surface area contributed by atoms with Crippen molar-refractivity contribution in [3.05, 3.63) is 0 Å². The highest BCUT2D eigenvalue weighted by Gasteiger charge is 1.79. The second kappa shape index (κ2) is 4.71. The zero-order valence-corrected chi connectivity index (χ0v) is 4.90. The minimum absolute atomic E-state index is 0.201. The van der Waals surface area contributed by atoms with Gasteiger partial charge in [0.25, 0.3) is 0 Å². The highest BCUT2D eigenvalue weighted by Crippen LogP contribution is 1.69. The summed E-state index contributed by atoms with van der Waals surface area (Å²) in [6.45, 7) is 0.201. The lowest BCUT2D eigenvalue weighted by Crippen LogP contribution is -2.16. The molecule has 1 unspecified atom stereocenters. The van der Waals surface area contributed by atoms with Crippen molar-refractivity contribution in [3.8, 4) is 6.07 Å². The summed E-state index contributed by atoms with van der Waals surface area (Å²) in [5.74, 6) is 0. The van der Waals surface area contributed by atoms with Crippen LogP contribution in [0.3, 0.4) is 0 Å². The number of rotatable bonds is 3. The molecule has 1 N–H and O–H groups in total. The Bertz CT molecular complexity index is 119. The predicted octanol–water partition coefficient (Wildman–Crippen LogP) is -0.716. The fraction of sp³-hybridized carbons (Fsp3) is 0.667. The molecule has 5 heteroatoms. The molecule has 0 aromatic rings. The van der Waals surface area contributed by atoms with E-state index in [2.05, 4.69) is 0 Å². The van der Waals surface area contributed by atoms with Crippen LogP contribution in [0.5, 0.6) is 0 Å². The number of nitrogens with one attached hydrogen (secondary N) is 1. The molecule has 0 aromatic carbocycles. The van der Waals surface area contributed by atoms with Crippen molar-refractivity contribution in [3.63, 3.8) is 0 Å². The Morgan fingerprint density at radius 2 is 2.50 bits per heavy atom. The molecule has 46 valence electrons. The first kappa shape index (κ1) is 7.56. The number of nitriles is 1. The van der Waals surface area contributed by atoms with E-state index in [4.69, 9.17) is 5.26 Å². The fourth-order valence-electron chi connectivity index (χ4n) is 0.190. The minimum atomic E-state index is -2.22. The summed E-state index contributed by atoms with van der Waals surface area (Å²) in [6.07, 6.45) is 0.216. The van der Waals surface area contributed by atoms with Crippen molar-refractivity contribution in [1.82, 2.24) is 4.72 Å². The predicted molar refractivity (Wildman–Crippen MR) is 27.2 cm³/mol. The third-order valence-corrected chi connectivity index (χ3v) is 0.897. The van der Waals surface area contributed by atoms with Crippen molar-refractivity contribution < 1.29 is 8.76 Å². The molecule has 0 amide bonds. The Labute approximate surface area is 49.9 Å². The van der Waals surface area contributed by atoms with E-state index in [1.165, 1.54) is 0 Å². The second-order valence-corrected chi connectivity index (χ2v) is 1.80. The van der Waals surface area contributed by atoms with Crippen molar-refractivity contribution in [2.45, 2.75) is 6.42 Å².